The van der Waals surface area contributed by atoms with Crippen LogP contribution < -0.4 is 0 Å². The monoisotopic (exact) mass is 310 g/mol. The van der Waals surface area contributed by atoms with Gasteiger partial charge in [0.2, 0.25) is 0 Å². The Hall–Kier alpha value is -1.66. The number of amides is 1. The van der Waals surface area contributed by atoms with Gasteiger partial charge in [0, 0.05) is 19.2 Å². The third-order valence-electron chi connectivity index (χ3n) is 3.00. The van der Waals surface area contributed by atoms with Gasteiger partial charge < -0.3 is 14.9 Å². The van der Waals surface area contributed by atoms with Crippen LogP contribution >= 0.6 is 11.3 Å². The topological polar surface area (TPSA) is 60.9 Å². The number of carbonyl (C=O) groups is 2. The quantitative estimate of drug-likeness (QED) is 0.748. The molecule has 0 atom stereocenters. The van der Waals surface area contributed by atoms with Crippen LogP contribution in [0, 0.1) is 0 Å². The van der Waals surface area contributed by atoms with Gasteiger partial charge in [-0.25, -0.2) is 4.79 Å². The lowest BCUT2D eigenvalue weighted by Crippen LogP contribution is -2.33. The molecule has 0 saturated heterocycles. The summed E-state index contributed by atoms with van der Waals surface area (Å²) in [5.41, 5.74) is 0.665. The van der Waals surface area contributed by atoms with E-state index >= 15 is 0 Å². The van der Waals surface area contributed by atoms with Crippen LogP contribution in [0.2, 0.25) is 0 Å². The number of nitrogens with zero attached hydrogens (tertiary/aromatic N) is 2. The molecule has 1 heterocycles. The number of carboxylic acid groups (broad SMARTS) is 1. The second-order valence-electron chi connectivity index (χ2n) is 4.92. The number of aliphatic carboxylic acids is 1. The highest BCUT2D eigenvalue weighted by molar-refractivity contribution is 7.12. The Kier molecular flexibility index (Phi) is 7.11. The van der Waals surface area contributed by atoms with Crippen molar-refractivity contribution in [3.63, 3.8) is 0 Å². The van der Waals surface area contributed by atoms with Crippen LogP contribution in [0.25, 0.3) is 6.08 Å². The van der Waals surface area contributed by atoms with E-state index in [1.807, 2.05) is 26.4 Å². The molecule has 0 aliphatic rings. The molecule has 116 valence electrons. The number of thiophene rings is 1. The van der Waals surface area contributed by atoms with Crippen molar-refractivity contribution in [3.8, 4) is 0 Å². The molecule has 5 nitrogen and oxygen atoms in total. The molecule has 1 amide bonds. The minimum atomic E-state index is -1.02. The van der Waals surface area contributed by atoms with Crippen LogP contribution in [0.15, 0.2) is 17.5 Å². The minimum Gasteiger partial charge on any atom is -0.478 e. The van der Waals surface area contributed by atoms with E-state index in [0.29, 0.717) is 23.5 Å². The van der Waals surface area contributed by atoms with Gasteiger partial charge in [0.15, 0.2) is 0 Å². The lowest BCUT2D eigenvalue weighted by Gasteiger charge is -2.21. The zero-order chi connectivity index (χ0) is 15.8. The van der Waals surface area contributed by atoms with E-state index in [0.717, 1.165) is 19.0 Å². The van der Waals surface area contributed by atoms with Gasteiger partial charge in [0.05, 0.1) is 4.88 Å². The van der Waals surface area contributed by atoms with Crippen molar-refractivity contribution in [2.45, 2.75) is 13.3 Å². The highest BCUT2D eigenvalue weighted by Crippen LogP contribution is 2.20. The molecule has 0 radical (unpaired) electrons. The Morgan fingerprint density at radius 2 is 2.05 bits per heavy atom. The molecule has 1 aromatic rings. The molecule has 0 unspecified atom stereocenters. The Bertz CT molecular complexity index is 509. The van der Waals surface area contributed by atoms with Gasteiger partial charge in [-0.3, -0.25) is 4.79 Å². The lowest BCUT2D eigenvalue weighted by atomic mass is 10.2. The van der Waals surface area contributed by atoms with E-state index in [4.69, 9.17) is 5.11 Å². The zero-order valence-corrected chi connectivity index (χ0v) is 13.5. The average molecular weight is 310 g/mol. The first-order valence-electron chi connectivity index (χ1n) is 6.88. The second-order valence-corrected chi connectivity index (χ2v) is 5.83. The Morgan fingerprint density at radius 1 is 1.33 bits per heavy atom. The summed E-state index contributed by atoms with van der Waals surface area (Å²) >= 11 is 1.35. The second kappa shape index (κ2) is 8.59. The maximum Gasteiger partial charge on any atom is 0.328 e. The van der Waals surface area contributed by atoms with Crippen LogP contribution in [0.5, 0.6) is 0 Å². The lowest BCUT2D eigenvalue weighted by molar-refractivity contribution is -0.131. The standard InChI is InChI=1S/C15H22N2O3S/c1-4-17(10-5-9-16(2)3)15(20)14-12(8-11-21-14)6-7-13(18)19/h6-8,11H,4-5,9-10H2,1-3H3,(H,18,19)/b7-6+. The van der Waals surface area contributed by atoms with Crippen molar-refractivity contribution in [3.05, 3.63) is 28.0 Å². The first-order valence-corrected chi connectivity index (χ1v) is 7.76. The van der Waals surface area contributed by atoms with Gasteiger partial charge in [-0.1, -0.05) is 0 Å². The van der Waals surface area contributed by atoms with Gasteiger partial charge in [0.25, 0.3) is 5.91 Å². The third kappa shape index (κ3) is 5.69. The van der Waals surface area contributed by atoms with E-state index in [9.17, 15) is 9.59 Å². The highest BCUT2D eigenvalue weighted by Gasteiger charge is 2.18. The molecule has 6 heteroatoms. The van der Waals surface area contributed by atoms with E-state index in [1.54, 1.807) is 11.0 Å². The summed E-state index contributed by atoms with van der Waals surface area (Å²) in [6.07, 6.45) is 3.44. The van der Waals surface area contributed by atoms with Crippen molar-refractivity contribution in [2.24, 2.45) is 0 Å². The van der Waals surface area contributed by atoms with Crippen LogP contribution in [-0.2, 0) is 4.79 Å². The van der Waals surface area contributed by atoms with Crippen LogP contribution in [0.3, 0.4) is 0 Å². The summed E-state index contributed by atoms with van der Waals surface area (Å²) in [6.45, 7) is 4.23. The molecule has 1 N–H and O–H groups in total. The maximum absolute atomic E-state index is 12.5. The van der Waals surface area contributed by atoms with E-state index in [1.165, 1.54) is 17.4 Å². The normalized spacial score (nSPS) is 11.2. The number of hydrogen-bond acceptors (Lipinski definition) is 4. The van der Waals surface area contributed by atoms with Gasteiger partial charge in [-0.05, 0) is 57.1 Å². The fourth-order valence-electron chi connectivity index (χ4n) is 1.91. The third-order valence-corrected chi connectivity index (χ3v) is 3.92. The van der Waals surface area contributed by atoms with Crippen molar-refractivity contribution in [1.29, 1.82) is 0 Å². The SMILES string of the molecule is CCN(CCCN(C)C)C(=O)c1sccc1/C=C/C(=O)O. The average Bonchev–Trinajstić information content (AvgIpc) is 2.88. The Morgan fingerprint density at radius 3 is 2.62 bits per heavy atom. The van der Waals surface area contributed by atoms with Crippen LogP contribution in [0.4, 0.5) is 0 Å². The van der Waals surface area contributed by atoms with Crippen molar-refractivity contribution in [1.82, 2.24) is 9.80 Å². The Labute approximate surface area is 129 Å². The molecule has 0 aromatic carbocycles. The van der Waals surface area contributed by atoms with Crippen LogP contribution in [-0.4, -0.2) is 60.5 Å². The molecular formula is C15H22N2O3S. The number of hydrogen-bond donors (Lipinski definition) is 1. The van der Waals surface area contributed by atoms with Crippen molar-refractivity contribution >= 4 is 29.3 Å². The van der Waals surface area contributed by atoms with Gasteiger partial charge in [-0.15, -0.1) is 11.3 Å². The molecule has 0 aliphatic carbocycles. The predicted molar refractivity (Wildman–Crippen MR) is 85.7 cm³/mol. The highest BCUT2D eigenvalue weighted by atomic mass is 32.1. The minimum absolute atomic E-state index is 0.0312. The van der Waals surface area contributed by atoms with Crippen molar-refractivity contribution < 1.29 is 14.7 Å². The smallest absolute Gasteiger partial charge is 0.328 e. The molecule has 1 aromatic heterocycles. The molecule has 21 heavy (non-hydrogen) atoms. The number of carboxylic acids is 1. The first-order chi connectivity index (χ1) is 9.95. The van der Waals surface area contributed by atoms with Crippen molar-refractivity contribution in [2.75, 3.05) is 33.7 Å². The molecule has 0 spiro atoms. The molecule has 0 fully saturated rings. The fourth-order valence-corrected chi connectivity index (χ4v) is 2.76. The summed E-state index contributed by atoms with van der Waals surface area (Å²) in [6, 6.07) is 1.77. The summed E-state index contributed by atoms with van der Waals surface area (Å²) in [7, 11) is 4.01. The van der Waals surface area contributed by atoms with E-state index < -0.39 is 5.97 Å². The zero-order valence-electron chi connectivity index (χ0n) is 12.7. The molecule has 1 rings (SSSR count). The largest absolute Gasteiger partial charge is 0.478 e. The van der Waals surface area contributed by atoms with E-state index in [-0.39, 0.29) is 5.91 Å². The van der Waals surface area contributed by atoms with Gasteiger partial charge >= 0.3 is 5.97 Å². The summed E-state index contributed by atoms with van der Waals surface area (Å²) in [4.78, 5) is 27.6. The molecule has 0 aliphatic heterocycles. The number of rotatable bonds is 8. The summed E-state index contributed by atoms with van der Waals surface area (Å²) in [5, 5.41) is 10.5. The van der Waals surface area contributed by atoms with Gasteiger partial charge in [-0.2, -0.15) is 0 Å². The van der Waals surface area contributed by atoms with Gasteiger partial charge in [0.1, 0.15) is 0 Å². The number of carbonyl (C=O) groups excluding carboxylic acids is 1. The summed E-state index contributed by atoms with van der Waals surface area (Å²) in [5.74, 6) is -1.05. The maximum atomic E-state index is 12.5. The predicted octanol–water partition coefficient (Wildman–Crippen LogP) is 2.26. The van der Waals surface area contributed by atoms with E-state index in [2.05, 4.69) is 4.90 Å². The summed E-state index contributed by atoms with van der Waals surface area (Å²) < 4.78 is 0. The van der Waals surface area contributed by atoms with Crippen LogP contribution in [0.1, 0.15) is 28.6 Å². The molecule has 0 saturated carbocycles. The molecular weight excluding hydrogens is 288 g/mol. The molecule has 0 bridgehead atoms. The fraction of sp³-hybridized carbons (Fsp3) is 0.467. The Balaban J connectivity index is 2.76. The first kappa shape index (κ1) is 17.4.